The van der Waals surface area contributed by atoms with Gasteiger partial charge in [-0.15, -0.1) is 0 Å². The molecule has 10 nitrogen and oxygen atoms in total. The van der Waals surface area contributed by atoms with Gasteiger partial charge < -0.3 is 20.1 Å². The van der Waals surface area contributed by atoms with Crippen molar-refractivity contribution >= 4 is 17.4 Å². The van der Waals surface area contributed by atoms with E-state index in [-0.39, 0.29) is 36.0 Å². The van der Waals surface area contributed by atoms with Crippen molar-refractivity contribution in [1.29, 1.82) is 0 Å². The van der Waals surface area contributed by atoms with Gasteiger partial charge in [0.1, 0.15) is 12.1 Å². The molecule has 3 rings (SSSR count). The second-order valence-electron chi connectivity index (χ2n) is 6.66. The van der Waals surface area contributed by atoms with E-state index in [9.17, 15) is 14.9 Å². The van der Waals surface area contributed by atoms with Crippen molar-refractivity contribution in [3.05, 3.63) is 46.3 Å². The molecule has 2 unspecified atom stereocenters. The van der Waals surface area contributed by atoms with Crippen LogP contribution in [0.4, 0.5) is 11.5 Å². The van der Waals surface area contributed by atoms with Crippen molar-refractivity contribution in [2.24, 2.45) is 5.73 Å². The molecule has 1 aromatic heterocycles. The molecule has 2 heterocycles. The van der Waals surface area contributed by atoms with Gasteiger partial charge in [0.05, 0.1) is 23.6 Å². The number of nitrogens with two attached hydrogens (primary N) is 1. The summed E-state index contributed by atoms with van der Waals surface area (Å²) >= 11 is 0. The van der Waals surface area contributed by atoms with Crippen molar-refractivity contribution in [3.8, 4) is 11.6 Å². The number of nitrogens with zero attached hydrogens (tertiary/aromatic N) is 4. The van der Waals surface area contributed by atoms with Crippen LogP contribution >= 0.6 is 0 Å². The monoisotopic (exact) mass is 387 g/mol. The maximum absolute atomic E-state index is 11.8. The Kier molecular flexibility index (Phi) is 5.69. The Labute approximate surface area is 161 Å². The summed E-state index contributed by atoms with van der Waals surface area (Å²) in [6.07, 6.45) is 1.18. The standard InChI is InChI=1S/C18H21N5O5/c1-11-8-22(9-12(2)27-11)17-16(23(25)26)18(21-10-20-17)28-14-5-3-13(4-6-14)7-15(19)24/h3-6,10-12H,7-9H2,1-2H3,(H2,19,24). The third kappa shape index (κ3) is 4.52. The molecule has 0 bridgehead atoms. The lowest BCUT2D eigenvalue weighted by Crippen LogP contribution is -2.46. The summed E-state index contributed by atoms with van der Waals surface area (Å²) in [5.74, 6) is -0.0461. The van der Waals surface area contributed by atoms with Gasteiger partial charge in [-0.2, -0.15) is 4.98 Å². The number of benzene rings is 1. The molecule has 1 aromatic carbocycles. The number of primary amides is 1. The van der Waals surface area contributed by atoms with Gasteiger partial charge in [-0.3, -0.25) is 14.9 Å². The Bertz CT molecular complexity index is 863. The smallest absolute Gasteiger partial charge is 0.373 e. The molecule has 0 spiro atoms. The van der Waals surface area contributed by atoms with Crippen LogP contribution in [0.25, 0.3) is 0 Å². The highest BCUT2D eigenvalue weighted by molar-refractivity contribution is 5.76. The molecule has 0 aliphatic carbocycles. The number of anilines is 1. The average Bonchev–Trinajstić information content (AvgIpc) is 2.61. The minimum atomic E-state index is -0.545. The quantitative estimate of drug-likeness (QED) is 0.586. The molecule has 0 radical (unpaired) electrons. The third-order valence-electron chi connectivity index (χ3n) is 4.19. The largest absolute Gasteiger partial charge is 0.434 e. The lowest BCUT2D eigenvalue weighted by Gasteiger charge is -2.35. The fourth-order valence-corrected chi connectivity index (χ4v) is 3.16. The molecule has 2 N–H and O–H groups in total. The van der Waals surface area contributed by atoms with E-state index in [0.29, 0.717) is 24.4 Å². The second kappa shape index (κ2) is 8.17. The zero-order chi connectivity index (χ0) is 20.3. The average molecular weight is 387 g/mol. The number of ether oxygens (including phenoxy) is 2. The van der Waals surface area contributed by atoms with Crippen LogP contribution in [0.15, 0.2) is 30.6 Å². The Morgan fingerprint density at radius 2 is 1.93 bits per heavy atom. The molecule has 1 saturated heterocycles. The summed E-state index contributed by atoms with van der Waals surface area (Å²) in [6.45, 7) is 4.76. The fraction of sp³-hybridized carbons (Fsp3) is 0.389. The van der Waals surface area contributed by atoms with Gasteiger partial charge in [0.25, 0.3) is 0 Å². The van der Waals surface area contributed by atoms with Crippen LogP contribution in [0.5, 0.6) is 11.6 Å². The Balaban J connectivity index is 1.89. The Hall–Kier alpha value is -3.27. The molecule has 28 heavy (non-hydrogen) atoms. The second-order valence-corrected chi connectivity index (χ2v) is 6.66. The molecule has 2 aromatic rings. The Morgan fingerprint density at radius 3 is 2.50 bits per heavy atom. The van der Waals surface area contributed by atoms with Crippen molar-refractivity contribution in [3.63, 3.8) is 0 Å². The van der Waals surface area contributed by atoms with E-state index in [1.54, 1.807) is 24.3 Å². The van der Waals surface area contributed by atoms with Gasteiger partial charge in [-0.1, -0.05) is 12.1 Å². The summed E-state index contributed by atoms with van der Waals surface area (Å²) in [5.41, 5.74) is 5.59. The van der Waals surface area contributed by atoms with Crippen LogP contribution in [-0.2, 0) is 16.0 Å². The van der Waals surface area contributed by atoms with E-state index in [1.807, 2.05) is 18.7 Å². The van der Waals surface area contributed by atoms with Crippen LogP contribution in [0, 0.1) is 10.1 Å². The van der Waals surface area contributed by atoms with E-state index >= 15 is 0 Å². The first kappa shape index (κ1) is 19.5. The SMILES string of the molecule is CC1CN(c2ncnc(Oc3ccc(CC(N)=O)cc3)c2[N+](=O)[O-])CC(C)O1. The molecular formula is C18H21N5O5. The highest BCUT2D eigenvalue weighted by Gasteiger charge is 2.32. The molecule has 1 fully saturated rings. The molecule has 1 aliphatic rings. The van der Waals surface area contributed by atoms with Crippen LogP contribution in [0.1, 0.15) is 19.4 Å². The summed E-state index contributed by atoms with van der Waals surface area (Å²) < 4.78 is 11.3. The number of morpholine rings is 1. The first-order chi connectivity index (χ1) is 13.3. The first-order valence-electron chi connectivity index (χ1n) is 8.78. The highest BCUT2D eigenvalue weighted by Crippen LogP contribution is 2.37. The van der Waals surface area contributed by atoms with Crippen molar-refractivity contribution in [2.45, 2.75) is 32.5 Å². The minimum absolute atomic E-state index is 0.0829. The number of hydrogen-bond donors (Lipinski definition) is 1. The van der Waals surface area contributed by atoms with E-state index in [1.165, 1.54) is 6.33 Å². The van der Waals surface area contributed by atoms with E-state index in [4.69, 9.17) is 15.2 Å². The summed E-state index contributed by atoms with van der Waals surface area (Å²) in [4.78, 5) is 32.1. The summed E-state index contributed by atoms with van der Waals surface area (Å²) in [6, 6.07) is 6.53. The molecular weight excluding hydrogens is 366 g/mol. The van der Waals surface area contributed by atoms with E-state index in [0.717, 1.165) is 0 Å². The maximum Gasteiger partial charge on any atom is 0.373 e. The molecule has 1 aliphatic heterocycles. The van der Waals surface area contributed by atoms with Crippen molar-refractivity contribution in [2.75, 3.05) is 18.0 Å². The molecule has 148 valence electrons. The van der Waals surface area contributed by atoms with Gasteiger partial charge in [0.15, 0.2) is 0 Å². The molecule has 1 amide bonds. The molecule has 2 atom stereocenters. The fourth-order valence-electron chi connectivity index (χ4n) is 3.16. The van der Waals surface area contributed by atoms with Gasteiger partial charge in [-0.05, 0) is 31.5 Å². The number of nitro groups is 1. The van der Waals surface area contributed by atoms with Gasteiger partial charge in [-0.25, -0.2) is 4.98 Å². The first-order valence-corrected chi connectivity index (χ1v) is 8.78. The van der Waals surface area contributed by atoms with Gasteiger partial charge in [0, 0.05) is 13.1 Å². The van der Waals surface area contributed by atoms with Crippen molar-refractivity contribution in [1.82, 2.24) is 9.97 Å². The zero-order valence-electron chi connectivity index (χ0n) is 15.6. The van der Waals surface area contributed by atoms with Gasteiger partial charge in [0.2, 0.25) is 11.7 Å². The van der Waals surface area contributed by atoms with Crippen LogP contribution < -0.4 is 15.4 Å². The predicted octanol–water partition coefficient (Wildman–Crippen LogP) is 1.82. The number of carbonyl (C=O) groups is 1. The summed E-state index contributed by atoms with van der Waals surface area (Å²) in [5, 5.41) is 11.8. The van der Waals surface area contributed by atoms with Gasteiger partial charge >= 0.3 is 11.6 Å². The lowest BCUT2D eigenvalue weighted by molar-refractivity contribution is -0.385. The van der Waals surface area contributed by atoms with E-state index < -0.39 is 10.8 Å². The number of carbonyl (C=O) groups excluding carboxylic acids is 1. The zero-order valence-corrected chi connectivity index (χ0v) is 15.6. The number of hydrogen-bond acceptors (Lipinski definition) is 8. The predicted molar refractivity (Wildman–Crippen MR) is 100 cm³/mol. The minimum Gasteiger partial charge on any atom is -0.434 e. The van der Waals surface area contributed by atoms with Crippen LogP contribution in [0.2, 0.25) is 0 Å². The summed E-state index contributed by atoms with van der Waals surface area (Å²) in [7, 11) is 0. The van der Waals surface area contributed by atoms with E-state index in [2.05, 4.69) is 9.97 Å². The van der Waals surface area contributed by atoms with Crippen LogP contribution in [-0.4, -0.2) is 46.1 Å². The maximum atomic E-state index is 11.8. The number of rotatable bonds is 6. The topological polar surface area (TPSA) is 134 Å². The highest BCUT2D eigenvalue weighted by atomic mass is 16.6. The number of aromatic nitrogens is 2. The lowest BCUT2D eigenvalue weighted by atomic mass is 10.1. The third-order valence-corrected chi connectivity index (χ3v) is 4.19. The normalized spacial score (nSPS) is 19.3. The number of amides is 1. The molecule has 0 saturated carbocycles. The molecule has 10 heteroatoms. The Morgan fingerprint density at radius 1 is 1.29 bits per heavy atom. The van der Waals surface area contributed by atoms with Crippen molar-refractivity contribution < 1.29 is 19.2 Å². The van der Waals surface area contributed by atoms with Crippen LogP contribution in [0.3, 0.4) is 0 Å².